The van der Waals surface area contributed by atoms with Crippen LogP contribution in [0.3, 0.4) is 0 Å². The summed E-state index contributed by atoms with van der Waals surface area (Å²) < 4.78 is 38.1. The lowest BCUT2D eigenvalue weighted by Crippen LogP contribution is -2.56. The van der Waals surface area contributed by atoms with E-state index < -0.39 is 17.7 Å². The van der Waals surface area contributed by atoms with Gasteiger partial charge < -0.3 is 20.1 Å². The van der Waals surface area contributed by atoms with Crippen molar-refractivity contribution in [2.24, 2.45) is 0 Å². The number of piperazine rings is 1. The first-order valence-electron chi connectivity index (χ1n) is 9.85. The molecule has 166 valence electrons. The van der Waals surface area contributed by atoms with Gasteiger partial charge in [-0.1, -0.05) is 12.1 Å². The number of rotatable bonds is 8. The Kier molecular flexibility index (Phi) is 7.41. The average molecular weight is 433 g/mol. The molecule has 7 nitrogen and oxygen atoms in total. The van der Waals surface area contributed by atoms with Gasteiger partial charge in [-0.2, -0.15) is 0 Å². The maximum absolute atomic E-state index is 14.1. The average Bonchev–Trinajstić information content (AvgIpc) is 2.77. The fourth-order valence-electron chi connectivity index (χ4n) is 3.52. The predicted octanol–water partition coefficient (Wildman–Crippen LogP) is 1.99. The van der Waals surface area contributed by atoms with Gasteiger partial charge in [0, 0.05) is 37.3 Å². The van der Waals surface area contributed by atoms with Crippen molar-refractivity contribution in [3.05, 3.63) is 59.2 Å². The Balaban J connectivity index is 1.66. The Bertz CT molecular complexity index is 954. The quantitative estimate of drug-likeness (QED) is 0.666. The standard InChI is InChI=1S/C22H25F2N3O4/c1-30-16-6-7-19(31-2)15(10-16)12-26-20(28)11-18-22(29)25-8-9-27(18)13-14-4-3-5-17(23)21(14)24/h3-7,10,18H,8-9,11-13H2,1-2H3,(H,25,29)(H,26,28)/t18-/m1/s1. The number of hydrogen-bond donors (Lipinski definition) is 2. The van der Waals surface area contributed by atoms with E-state index >= 15 is 0 Å². The molecule has 0 bridgehead atoms. The Morgan fingerprint density at radius 2 is 2.00 bits per heavy atom. The molecule has 2 amide bonds. The van der Waals surface area contributed by atoms with Crippen molar-refractivity contribution in [1.82, 2.24) is 15.5 Å². The minimum atomic E-state index is -0.944. The zero-order valence-corrected chi connectivity index (χ0v) is 17.4. The Morgan fingerprint density at radius 1 is 1.19 bits per heavy atom. The van der Waals surface area contributed by atoms with E-state index in [-0.39, 0.29) is 36.9 Å². The highest BCUT2D eigenvalue weighted by molar-refractivity contribution is 5.88. The van der Waals surface area contributed by atoms with Crippen LogP contribution >= 0.6 is 0 Å². The van der Waals surface area contributed by atoms with Gasteiger partial charge in [0.2, 0.25) is 11.8 Å². The van der Waals surface area contributed by atoms with Gasteiger partial charge >= 0.3 is 0 Å². The van der Waals surface area contributed by atoms with Gasteiger partial charge in [0.15, 0.2) is 11.6 Å². The fraction of sp³-hybridized carbons (Fsp3) is 0.364. The molecule has 2 aromatic rings. The van der Waals surface area contributed by atoms with E-state index in [9.17, 15) is 18.4 Å². The topological polar surface area (TPSA) is 79.9 Å². The molecule has 31 heavy (non-hydrogen) atoms. The van der Waals surface area contributed by atoms with Crippen molar-refractivity contribution < 1.29 is 27.8 Å². The molecule has 0 aliphatic carbocycles. The van der Waals surface area contributed by atoms with Gasteiger partial charge in [0.1, 0.15) is 11.5 Å². The molecule has 0 saturated carbocycles. The second kappa shape index (κ2) is 10.2. The van der Waals surface area contributed by atoms with Gasteiger partial charge in [-0.25, -0.2) is 8.78 Å². The third-order valence-corrected chi connectivity index (χ3v) is 5.19. The number of carbonyl (C=O) groups is 2. The molecule has 9 heteroatoms. The summed E-state index contributed by atoms with van der Waals surface area (Å²) in [5.74, 6) is -1.34. The monoisotopic (exact) mass is 433 g/mol. The largest absolute Gasteiger partial charge is 0.497 e. The highest BCUT2D eigenvalue weighted by atomic mass is 19.2. The van der Waals surface area contributed by atoms with Gasteiger partial charge in [0.25, 0.3) is 0 Å². The van der Waals surface area contributed by atoms with Crippen LogP contribution in [0.25, 0.3) is 0 Å². The van der Waals surface area contributed by atoms with Crippen LogP contribution in [0.4, 0.5) is 8.78 Å². The summed E-state index contributed by atoms with van der Waals surface area (Å²) in [6.45, 7) is 1.00. The minimum absolute atomic E-state index is 0.0265. The molecule has 1 saturated heterocycles. The van der Waals surface area contributed by atoms with Crippen molar-refractivity contribution >= 4 is 11.8 Å². The first-order chi connectivity index (χ1) is 14.9. The highest BCUT2D eigenvalue weighted by Crippen LogP contribution is 2.24. The molecule has 1 aliphatic rings. The van der Waals surface area contributed by atoms with Gasteiger partial charge in [0.05, 0.1) is 26.7 Å². The molecule has 1 heterocycles. The smallest absolute Gasteiger partial charge is 0.237 e. The number of ether oxygens (including phenoxy) is 2. The number of carbonyl (C=O) groups excluding carboxylic acids is 2. The number of amides is 2. The second-order valence-corrected chi connectivity index (χ2v) is 7.15. The molecule has 0 aromatic heterocycles. The maximum Gasteiger partial charge on any atom is 0.237 e. The van der Waals surface area contributed by atoms with Crippen LogP contribution < -0.4 is 20.1 Å². The van der Waals surface area contributed by atoms with Crippen molar-refractivity contribution in [2.75, 3.05) is 27.3 Å². The Morgan fingerprint density at radius 3 is 2.74 bits per heavy atom. The summed E-state index contributed by atoms with van der Waals surface area (Å²) in [5, 5.41) is 5.50. The van der Waals surface area contributed by atoms with Crippen molar-refractivity contribution in [3.63, 3.8) is 0 Å². The van der Waals surface area contributed by atoms with Gasteiger partial charge in [-0.15, -0.1) is 0 Å². The van der Waals surface area contributed by atoms with Crippen molar-refractivity contribution in [1.29, 1.82) is 0 Å². The third kappa shape index (κ3) is 5.49. The molecule has 0 radical (unpaired) electrons. The summed E-state index contributed by atoms with van der Waals surface area (Å²) in [6, 6.07) is 8.39. The maximum atomic E-state index is 14.1. The van der Waals surface area contributed by atoms with Crippen LogP contribution in [0.5, 0.6) is 11.5 Å². The SMILES string of the molecule is COc1ccc(OC)c(CNC(=O)C[C@@H]2C(=O)NCCN2Cc2cccc(F)c2F)c1. The molecule has 2 aromatic carbocycles. The molecular formula is C22H25F2N3O4. The first-order valence-corrected chi connectivity index (χ1v) is 9.85. The van der Waals surface area contributed by atoms with Crippen LogP contribution in [-0.4, -0.2) is 50.1 Å². The number of hydrogen-bond acceptors (Lipinski definition) is 5. The zero-order chi connectivity index (χ0) is 22.4. The first kappa shape index (κ1) is 22.5. The molecule has 2 N–H and O–H groups in total. The lowest BCUT2D eigenvalue weighted by Gasteiger charge is -2.34. The summed E-state index contributed by atoms with van der Waals surface area (Å²) in [4.78, 5) is 26.7. The predicted molar refractivity (Wildman–Crippen MR) is 110 cm³/mol. The third-order valence-electron chi connectivity index (χ3n) is 5.19. The number of benzene rings is 2. The Hall–Kier alpha value is -3.20. The molecule has 1 aliphatic heterocycles. The number of halogens is 2. The summed E-state index contributed by atoms with van der Waals surface area (Å²) in [6.07, 6.45) is -0.116. The lowest BCUT2D eigenvalue weighted by molar-refractivity contribution is -0.134. The molecule has 1 atom stereocenters. The number of methoxy groups -OCH3 is 2. The van der Waals surface area contributed by atoms with Crippen molar-refractivity contribution in [3.8, 4) is 11.5 Å². The molecule has 0 spiro atoms. The van der Waals surface area contributed by atoms with E-state index in [1.54, 1.807) is 30.2 Å². The molecule has 1 fully saturated rings. The second-order valence-electron chi connectivity index (χ2n) is 7.15. The van der Waals surface area contributed by atoms with E-state index in [1.807, 2.05) is 0 Å². The van der Waals surface area contributed by atoms with Crippen LogP contribution in [0.1, 0.15) is 17.5 Å². The van der Waals surface area contributed by atoms with Crippen LogP contribution in [0.15, 0.2) is 36.4 Å². The van der Waals surface area contributed by atoms with E-state index in [4.69, 9.17) is 9.47 Å². The lowest BCUT2D eigenvalue weighted by atomic mass is 10.1. The van der Waals surface area contributed by atoms with E-state index in [0.717, 1.165) is 11.6 Å². The van der Waals surface area contributed by atoms with E-state index in [0.29, 0.717) is 24.6 Å². The van der Waals surface area contributed by atoms with Gasteiger partial charge in [-0.05, 0) is 24.3 Å². The van der Waals surface area contributed by atoms with Crippen molar-refractivity contribution in [2.45, 2.75) is 25.6 Å². The van der Waals surface area contributed by atoms with Crippen LogP contribution in [0, 0.1) is 11.6 Å². The molecule has 0 unspecified atom stereocenters. The van der Waals surface area contributed by atoms with E-state index in [2.05, 4.69) is 10.6 Å². The minimum Gasteiger partial charge on any atom is -0.497 e. The molecule has 3 rings (SSSR count). The van der Waals surface area contributed by atoms with Crippen LogP contribution in [-0.2, 0) is 22.7 Å². The van der Waals surface area contributed by atoms with Crippen LogP contribution in [0.2, 0.25) is 0 Å². The fourth-order valence-corrected chi connectivity index (χ4v) is 3.52. The highest BCUT2D eigenvalue weighted by Gasteiger charge is 2.32. The summed E-state index contributed by atoms with van der Waals surface area (Å²) >= 11 is 0. The Labute approximate surface area is 179 Å². The zero-order valence-electron chi connectivity index (χ0n) is 17.4. The normalized spacial score (nSPS) is 16.5. The molecular weight excluding hydrogens is 408 g/mol. The van der Waals surface area contributed by atoms with Gasteiger partial charge in [-0.3, -0.25) is 14.5 Å². The van der Waals surface area contributed by atoms with E-state index in [1.165, 1.54) is 19.2 Å². The summed E-state index contributed by atoms with van der Waals surface area (Å²) in [7, 11) is 3.07. The number of nitrogens with one attached hydrogen (secondary N) is 2. The summed E-state index contributed by atoms with van der Waals surface area (Å²) in [5.41, 5.74) is 0.864. The number of nitrogens with zero attached hydrogens (tertiary/aromatic N) is 1.